The second kappa shape index (κ2) is 5.66. The molecule has 130 valence electrons. The predicted molar refractivity (Wildman–Crippen MR) is 93.0 cm³/mol. The molecule has 1 aliphatic rings. The smallest absolute Gasteiger partial charge is 0.315 e. The van der Waals surface area contributed by atoms with Crippen LogP contribution in [0.1, 0.15) is 17.0 Å². The Morgan fingerprint density at radius 3 is 2.84 bits per heavy atom. The molecule has 25 heavy (non-hydrogen) atoms. The number of anilines is 1. The standard InChI is InChI=1S/C15H16N6O3S/c1-19-12-11(13(23)20(2)15(19)24)21(7-16-12)6-10(22)18-14-17-8-4-3-5-9(8)25-14/h7H,3-6H2,1-2H3,(H,17,18,22). The van der Waals surface area contributed by atoms with Gasteiger partial charge in [-0.15, -0.1) is 11.3 Å². The third-order valence-corrected chi connectivity index (χ3v) is 5.45. The number of hydrogen-bond acceptors (Lipinski definition) is 6. The lowest BCUT2D eigenvalue weighted by atomic mass is 10.4. The van der Waals surface area contributed by atoms with Gasteiger partial charge in [0.25, 0.3) is 5.56 Å². The van der Waals surface area contributed by atoms with Gasteiger partial charge in [0.1, 0.15) is 6.54 Å². The quantitative estimate of drug-likeness (QED) is 0.709. The number of aromatic nitrogens is 5. The Kier molecular flexibility index (Phi) is 3.57. The number of nitrogens with one attached hydrogen (secondary N) is 1. The highest BCUT2D eigenvalue weighted by Crippen LogP contribution is 2.30. The number of nitrogens with zero attached hydrogens (tertiary/aromatic N) is 5. The molecule has 9 nitrogen and oxygen atoms in total. The zero-order valence-corrected chi connectivity index (χ0v) is 14.6. The van der Waals surface area contributed by atoms with Crippen LogP contribution in [-0.2, 0) is 38.3 Å². The Hall–Kier alpha value is -2.75. The first-order valence-corrected chi connectivity index (χ1v) is 8.66. The van der Waals surface area contributed by atoms with Gasteiger partial charge in [-0.05, 0) is 19.3 Å². The molecule has 10 heteroatoms. The average Bonchev–Trinajstić information content (AvgIpc) is 3.25. The summed E-state index contributed by atoms with van der Waals surface area (Å²) in [4.78, 5) is 46.4. The molecule has 0 fully saturated rings. The lowest BCUT2D eigenvalue weighted by Crippen LogP contribution is -2.37. The number of carbonyl (C=O) groups is 1. The van der Waals surface area contributed by atoms with Crippen molar-refractivity contribution in [1.29, 1.82) is 0 Å². The summed E-state index contributed by atoms with van der Waals surface area (Å²) >= 11 is 1.50. The maximum atomic E-state index is 12.4. The van der Waals surface area contributed by atoms with E-state index in [9.17, 15) is 14.4 Å². The zero-order chi connectivity index (χ0) is 17.7. The van der Waals surface area contributed by atoms with Gasteiger partial charge in [0.2, 0.25) is 5.91 Å². The molecule has 3 aromatic heterocycles. The van der Waals surface area contributed by atoms with Gasteiger partial charge in [0.05, 0.1) is 12.0 Å². The summed E-state index contributed by atoms with van der Waals surface area (Å²) in [7, 11) is 2.94. The van der Waals surface area contributed by atoms with E-state index in [4.69, 9.17) is 0 Å². The van der Waals surface area contributed by atoms with Gasteiger partial charge in [0, 0.05) is 19.0 Å². The molecule has 0 saturated carbocycles. The third kappa shape index (κ3) is 2.49. The van der Waals surface area contributed by atoms with Crippen LogP contribution in [-0.4, -0.2) is 29.6 Å². The molecule has 1 N–H and O–H groups in total. The first-order valence-electron chi connectivity index (χ1n) is 7.85. The number of thiazole rings is 1. The molecular formula is C15H16N6O3S. The Bertz CT molecular complexity index is 1100. The lowest BCUT2D eigenvalue weighted by molar-refractivity contribution is -0.116. The minimum atomic E-state index is -0.475. The summed E-state index contributed by atoms with van der Waals surface area (Å²) in [6.45, 7) is -0.0752. The first-order chi connectivity index (χ1) is 12.0. The summed E-state index contributed by atoms with van der Waals surface area (Å²) in [5.41, 5.74) is 0.619. The maximum absolute atomic E-state index is 12.4. The van der Waals surface area contributed by atoms with Gasteiger partial charge >= 0.3 is 5.69 Å². The van der Waals surface area contributed by atoms with Gasteiger partial charge in [0.15, 0.2) is 16.3 Å². The van der Waals surface area contributed by atoms with Crippen LogP contribution in [0.15, 0.2) is 15.9 Å². The van der Waals surface area contributed by atoms with Gasteiger partial charge in [-0.25, -0.2) is 14.8 Å². The van der Waals surface area contributed by atoms with Gasteiger partial charge in [-0.1, -0.05) is 0 Å². The third-order valence-electron chi connectivity index (χ3n) is 4.37. The highest BCUT2D eigenvalue weighted by molar-refractivity contribution is 7.15. The van der Waals surface area contributed by atoms with Crippen LogP contribution >= 0.6 is 11.3 Å². The Balaban J connectivity index is 1.63. The monoisotopic (exact) mass is 360 g/mol. The van der Waals surface area contributed by atoms with Crippen molar-refractivity contribution >= 4 is 33.5 Å². The van der Waals surface area contributed by atoms with Crippen LogP contribution in [0.2, 0.25) is 0 Å². The van der Waals surface area contributed by atoms with Gasteiger partial charge in [-0.2, -0.15) is 0 Å². The van der Waals surface area contributed by atoms with E-state index in [1.54, 1.807) is 7.05 Å². The van der Waals surface area contributed by atoms with Crippen molar-refractivity contribution in [1.82, 2.24) is 23.7 Å². The summed E-state index contributed by atoms with van der Waals surface area (Å²) in [5.74, 6) is -0.289. The fraction of sp³-hybridized carbons (Fsp3) is 0.400. The maximum Gasteiger partial charge on any atom is 0.332 e. The van der Waals surface area contributed by atoms with Crippen molar-refractivity contribution in [3.05, 3.63) is 37.7 Å². The van der Waals surface area contributed by atoms with Crippen LogP contribution in [0.3, 0.4) is 0 Å². The van der Waals surface area contributed by atoms with Crippen LogP contribution in [0.5, 0.6) is 0 Å². The highest BCUT2D eigenvalue weighted by Gasteiger charge is 2.19. The van der Waals surface area contributed by atoms with Crippen molar-refractivity contribution in [2.45, 2.75) is 25.8 Å². The zero-order valence-electron chi connectivity index (χ0n) is 13.8. The molecule has 0 spiro atoms. The molecule has 4 rings (SSSR count). The van der Waals surface area contributed by atoms with Crippen LogP contribution in [0, 0.1) is 0 Å². The summed E-state index contributed by atoms with van der Waals surface area (Å²) in [6, 6.07) is 0. The second-order valence-electron chi connectivity index (χ2n) is 6.04. The molecule has 1 aliphatic carbocycles. The highest BCUT2D eigenvalue weighted by atomic mass is 32.1. The van der Waals surface area contributed by atoms with Crippen molar-refractivity contribution in [3.63, 3.8) is 0 Å². The van der Waals surface area contributed by atoms with Crippen molar-refractivity contribution in [2.75, 3.05) is 5.32 Å². The van der Waals surface area contributed by atoms with E-state index in [0.29, 0.717) is 5.13 Å². The minimum Gasteiger partial charge on any atom is -0.315 e. The largest absolute Gasteiger partial charge is 0.332 e. The number of aryl methyl sites for hydroxylation is 3. The number of hydrogen-bond donors (Lipinski definition) is 1. The van der Waals surface area contributed by atoms with E-state index in [1.807, 2.05) is 0 Å². The number of imidazole rings is 1. The van der Waals surface area contributed by atoms with Crippen molar-refractivity contribution in [2.24, 2.45) is 14.1 Å². The van der Waals surface area contributed by atoms with E-state index in [0.717, 1.165) is 29.5 Å². The van der Waals surface area contributed by atoms with Gasteiger partial charge < -0.3 is 9.88 Å². The van der Waals surface area contributed by atoms with Crippen molar-refractivity contribution in [3.8, 4) is 0 Å². The number of rotatable bonds is 3. The molecule has 0 aromatic carbocycles. The fourth-order valence-electron chi connectivity index (χ4n) is 3.07. The molecule has 0 radical (unpaired) electrons. The summed E-state index contributed by atoms with van der Waals surface area (Å²) in [5, 5.41) is 3.36. The van der Waals surface area contributed by atoms with Gasteiger partial charge in [-0.3, -0.25) is 18.7 Å². The lowest BCUT2D eigenvalue weighted by Gasteiger charge is -2.06. The predicted octanol–water partition coefficient (Wildman–Crippen LogP) is 0.0176. The summed E-state index contributed by atoms with van der Waals surface area (Å²) < 4.78 is 3.74. The topological polar surface area (TPSA) is 104 Å². The van der Waals surface area contributed by atoms with Crippen molar-refractivity contribution < 1.29 is 4.79 Å². The molecule has 1 amide bonds. The minimum absolute atomic E-state index is 0.0752. The molecular weight excluding hydrogens is 344 g/mol. The number of carbonyl (C=O) groups excluding carboxylic acids is 1. The van der Waals surface area contributed by atoms with Crippen LogP contribution < -0.4 is 16.6 Å². The number of fused-ring (bicyclic) bond motifs is 2. The first kappa shape index (κ1) is 15.8. The number of amides is 1. The Morgan fingerprint density at radius 1 is 1.28 bits per heavy atom. The molecule has 3 aromatic rings. The van der Waals surface area contributed by atoms with E-state index < -0.39 is 11.2 Å². The molecule has 0 bridgehead atoms. The molecule has 0 unspecified atom stereocenters. The summed E-state index contributed by atoms with van der Waals surface area (Å²) in [6.07, 6.45) is 4.48. The van der Waals surface area contributed by atoms with E-state index in [1.165, 1.54) is 38.7 Å². The van der Waals surface area contributed by atoms with Crippen LogP contribution in [0.4, 0.5) is 5.13 Å². The van der Waals surface area contributed by atoms with E-state index in [-0.39, 0.29) is 23.6 Å². The average molecular weight is 360 g/mol. The Labute approximate surface area is 145 Å². The molecule has 0 aliphatic heterocycles. The van der Waals surface area contributed by atoms with E-state index >= 15 is 0 Å². The van der Waals surface area contributed by atoms with Crippen LogP contribution in [0.25, 0.3) is 11.2 Å². The fourth-order valence-corrected chi connectivity index (χ4v) is 4.14. The van der Waals surface area contributed by atoms with E-state index in [2.05, 4.69) is 15.3 Å². The normalized spacial score (nSPS) is 13.4. The molecule has 0 saturated heterocycles. The second-order valence-corrected chi connectivity index (χ2v) is 7.12. The SMILES string of the molecule is Cn1c(=O)c2c(ncn2CC(=O)Nc2nc3c(s2)CCC3)n(C)c1=O. The Morgan fingerprint density at radius 2 is 2.08 bits per heavy atom. The molecule has 3 heterocycles. The molecule has 0 atom stereocenters.